The van der Waals surface area contributed by atoms with Gasteiger partial charge in [-0.05, 0) is 30.3 Å². The number of nitrogens with zero attached hydrogens (tertiary/aromatic N) is 2. The van der Waals surface area contributed by atoms with Crippen LogP contribution < -0.4 is 15.0 Å². The minimum absolute atomic E-state index is 0.641. The predicted molar refractivity (Wildman–Crippen MR) is 78.9 cm³/mol. The van der Waals surface area contributed by atoms with E-state index < -0.39 is 0 Å². The lowest BCUT2D eigenvalue weighted by Crippen LogP contribution is -2.08. The van der Waals surface area contributed by atoms with Crippen LogP contribution in [-0.4, -0.2) is 26.2 Å². The van der Waals surface area contributed by atoms with Crippen LogP contribution in [0.3, 0.4) is 0 Å². The second kappa shape index (κ2) is 6.09. The fourth-order valence-corrected chi connectivity index (χ4v) is 1.74. The Kier molecular flexibility index (Phi) is 4.23. The summed E-state index contributed by atoms with van der Waals surface area (Å²) in [5, 5.41) is 3.34. The van der Waals surface area contributed by atoms with Crippen LogP contribution in [0.2, 0.25) is 0 Å². The van der Waals surface area contributed by atoms with Crippen molar-refractivity contribution in [3.63, 3.8) is 0 Å². The zero-order valence-electron chi connectivity index (χ0n) is 11.6. The van der Waals surface area contributed by atoms with E-state index in [0.29, 0.717) is 12.4 Å². The van der Waals surface area contributed by atoms with E-state index in [1.807, 2.05) is 32.3 Å². The molecule has 19 heavy (non-hydrogen) atoms. The molecule has 0 aliphatic carbocycles. The van der Waals surface area contributed by atoms with Crippen molar-refractivity contribution >= 4 is 11.4 Å². The lowest BCUT2D eigenvalue weighted by Gasteiger charge is -2.13. The van der Waals surface area contributed by atoms with E-state index in [1.54, 1.807) is 7.11 Å². The minimum Gasteiger partial charge on any atom is -0.481 e. The minimum atomic E-state index is 0.641. The van der Waals surface area contributed by atoms with E-state index in [0.717, 1.165) is 11.4 Å². The largest absolute Gasteiger partial charge is 0.481 e. The quantitative estimate of drug-likeness (QED) is 0.893. The molecule has 0 aliphatic heterocycles. The van der Waals surface area contributed by atoms with Gasteiger partial charge in [0.15, 0.2) is 0 Å². The van der Waals surface area contributed by atoms with Crippen molar-refractivity contribution in [1.29, 1.82) is 0 Å². The first-order valence-corrected chi connectivity index (χ1v) is 6.20. The number of ether oxygens (including phenoxy) is 1. The second-order valence-corrected chi connectivity index (χ2v) is 4.47. The van der Waals surface area contributed by atoms with Crippen molar-refractivity contribution in [1.82, 2.24) is 4.98 Å². The van der Waals surface area contributed by atoms with Crippen molar-refractivity contribution in [2.45, 2.75) is 6.54 Å². The highest BCUT2D eigenvalue weighted by Crippen LogP contribution is 2.16. The van der Waals surface area contributed by atoms with Gasteiger partial charge in [-0.15, -0.1) is 0 Å². The van der Waals surface area contributed by atoms with Crippen molar-refractivity contribution in [2.24, 2.45) is 0 Å². The Morgan fingerprint density at radius 3 is 2.47 bits per heavy atom. The van der Waals surface area contributed by atoms with Crippen LogP contribution in [-0.2, 0) is 6.54 Å². The molecule has 1 aromatic heterocycles. The third-order valence-electron chi connectivity index (χ3n) is 2.85. The van der Waals surface area contributed by atoms with E-state index >= 15 is 0 Å². The molecular formula is C15H19N3O. The highest BCUT2D eigenvalue weighted by Gasteiger charge is 1.99. The molecule has 1 N–H and O–H groups in total. The third-order valence-corrected chi connectivity index (χ3v) is 2.85. The summed E-state index contributed by atoms with van der Waals surface area (Å²) in [5.74, 6) is 0.641. The van der Waals surface area contributed by atoms with Gasteiger partial charge in [0.05, 0.1) is 19.3 Å². The normalized spacial score (nSPS) is 10.1. The Morgan fingerprint density at radius 2 is 1.84 bits per heavy atom. The fraction of sp³-hybridized carbons (Fsp3) is 0.267. The number of hydrogen-bond donors (Lipinski definition) is 1. The maximum Gasteiger partial charge on any atom is 0.213 e. The molecule has 0 saturated carbocycles. The molecule has 0 unspecified atom stereocenters. The van der Waals surface area contributed by atoms with Crippen molar-refractivity contribution in [2.75, 3.05) is 31.4 Å². The smallest absolute Gasteiger partial charge is 0.213 e. The number of aromatic nitrogens is 1. The molecule has 0 spiro atoms. The summed E-state index contributed by atoms with van der Waals surface area (Å²) in [6, 6.07) is 14.1. The van der Waals surface area contributed by atoms with Crippen molar-refractivity contribution in [3.05, 3.63) is 48.2 Å². The molecule has 0 aliphatic rings. The summed E-state index contributed by atoms with van der Waals surface area (Å²) in [5.41, 5.74) is 3.22. The van der Waals surface area contributed by atoms with E-state index in [2.05, 4.69) is 39.5 Å². The monoisotopic (exact) mass is 257 g/mol. The molecule has 2 aromatic rings. The van der Waals surface area contributed by atoms with Gasteiger partial charge in [0.1, 0.15) is 0 Å². The van der Waals surface area contributed by atoms with Crippen LogP contribution in [0, 0.1) is 0 Å². The molecule has 2 rings (SSSR count). The third kappa shape index (κ3) is 3.61. The fourth-order valence-electron chi connectivity index (χ4n) is 1.74. The average molecular weight is 257 g/mol. The standard InChI is InChI=1S/C15H19N3O/c1-18(2)14-9-7-12(8-10-14)16-11-13-5-4-6-15(17-13)19-3/h4-10,16H,11H2,1-3H3. The number of anilines is 2. The molecule has 0 radical (unpaired) electrons. The van der Waals surface area contributed by atoms with Gasteiger partial charge >= 0.3 is 0 Å². The van der Waals surface area contributed by atoms with Gasteiger partial charge < -0.3 is 15.0 Å². The molecule has 1 heterocycles. The molecular weight excluding hydrogens is 238 g/mol. The van der Waals surface area contributed by atoms with E-state index in [9.17, 15) is 0 Å². The number of rotatable bonds is 5. The Balaban J connectivity index is 1.98. The van der Waals surface area contributed by atoms with Crippen molar-refractivity contribution < 1.29 is 4.74 Å². The topological polar surface area (TPSA) is 37.4 Å². The Morgan fingerprint density at radius 1 is 1.11 bits per heavy atom. The highest BCUT2D eigenvalue weighted by atomic mass is 16.5. The van der Waals surface area contributed by atoms with Crippen LogP contribution in [0.4, 0.5) is 11.4 Å². The zero-order valence-corrected chi connectivity index (χ0v) is 11.6. The van der Waals surface area contributed by atoms with Gasteiger partial charge in [-0.3, -0.25) is 0 Å². The summed E-state index contributed by atoms with van der Waals surface area (Å²) in [4.78, 5) is 6.44. The molecule has 4 nitrogen and oxygen atoms in total. The summed E-state index contributed by atoms with van der Waals surface area (Å²) >= 11 is 0. The number of benzene rings is 1. The van der Waals surface area contributed by atoms with Gasteiger partial charge in [0, 0.05) is 31.5 Å². The van der Waals surface area contributed by atoms with Crippen LogP contribution in [0.15, 0.2) is 42.5 Å². The van der Waals surface area contributed by atoms with Gasteiger partial charge in [-0.25, -0.2) is 4.98 Å². The first kappa shape index (κ1) is 13.2. The molecule has 100 valence electrons. The van der Waals surface area contributed by atoms with E-state index in [1.165, 1.54) is 5.69 Å². The Labute approximate surface area is 114 Å². The highest BCUT2D eigenvalue weighted by molar-refractivity contribution is 5.54. The molecule has 0 fully saturated rings. The molecule has 1 aromatic carbocycles. The number of nitrogens with one attached hydrogen (secondary N) is 1. The van der Waals surface area contributed by atoms with Crippen molar-refractivity contribution in [3.8, 4) is 5.88 Å². The van der Waals surface area contributed by atoms with Crippen LogP contribution in [0.25, 0.3) is 0 Å². The maximum absolute atomic E-state index is 5.10. The SMILES string of the molecule is COc1cccc(CNc2ccc(N(C)C)cc2)n1. The second-order valence-electron chi connectivity index (χ2n) is 4.47. The number of hydrogen-bond acceptors (Lipinski definition) is 4. The average Bonchev–Trinajstić information content (AvgIpc) is 2.46. The predicted octanol–water partition coefficient (Wildman–Crippen LogP) is 2.77. The zero-order chi connectivity index (χ0) is 13.7. The lowest BCUT2D eigenvalue weighted by atomic mass is 10.2. The Hall–Kier alpha value is -2.23. The molecule has 0 atom stereocenters. The number of pyridine rings is 1. The summed E-state index contributed by atoms with van der Waals surface area (Å²) < 4.78 is 5.10. The number of methoxy groups -OCH3 is 1. The van der Waals surface area contributed by atoms with Gasteiger partial charge in [0.2, 0.25) is 5.88 Å². The summed E-state index contributed by atoms with van der Waals surface area (Å²) in [7, 11) is 5.69. The molecule has 0 saturated heterocycles. The van der Waals surface area contributed by atoms with Crippen LogP contribution in [0.1, 0.15) is 5.69 Å². The lowest BCUT2D eigenvalue weighted by molar-refractivity contribution is 0.396. The van der Waals surface area contributed by atoms with E-state index in [-0.39, 0.29) is 0 Å². The maximum atomic E-state index is 5.10. The van der Waals surface area contributed by atoms with Crippen LogP contribution >= 0.6 is 0 Å². The molecule has 0 amide bonds. The van der Waals surface area contributed by atoms with Gasteiger partial charge in [0.25, 0.3) is 0 Å². The van der Waals surface area contributed by atoms with E-state index in [4.69, 9.17) is 4.74 Å². The van der Waals surface area contributed by atoms with Gasteiger partial charge in [-0.2, -0.15) is 0 Å². The van der Waals surface area contributed by atoms with Gasteiger partial charge in [-0.1, -0.05) is 6.07 Å². The first-order chi connectivity index (χ1) is 9.19. The summed E-state index contributed by atoms with van der Waals surface area (Å²) in [6.45, 7) is 0.679. The van der Waals surface area contributed by atoms with Crippen LogP contribution in [0.5, 0.6) is 5.88 Å². The Bertz CT molecular complexity index is 523. The summed E-state index contributed by atoms with van der Waals surface area (Å²) in [6.07, 6.45) is 0. The molecule has 0 bridgehead atoms. The first-order valence-electron chi connectivity index (χ1n) is 6.20. The molecule has 4 heteroatoms.